The Morgan fingerprint density at radius 1 is 1.00 bits per heavy atom. The standard InChI is InChI=1S/C13H11ClN2O/c14-11-6-8-13(9-7-11)16(17)10-15-12-4-2-1-3-5-12/h1-10,17H. The molecule has 0 amide bonds. The SMILES string of the molecule is ON(C=Nc1ccccc1)c1ccc(Cl)cc1. The molecule has 17 heavy (non-hydrogen) atoms. The zero-order chi connectivity index (χ0) is 12.1. The Kier molecular flexibility index (Phi) is 3.75. The third-order valence-electron chi connectivity index (χ3n) is 2.16. The Morgan fingerprint density at radius 2 is 1.65 bits per heavy atom. The zero-order valence-corrected chi connectivity index (χ0v) is 9.75. The van der Waals surface area contributed by atoms with Crippen LogP contribution in [0.1, 0.15) is 0 Å². The van der Waals surface area contributed by atoms with Gasteiger partial charge in [0, 0.05) is 5.02 Å². The molecule has 2 aromatic carbocycles. The van der Waals surface area contributed by atoms with E-state index in [1.54, 1.807) is 24.3 Å². The Labute approximate surface area is 105 Å². The van der Waals surface area contributed by atoms with Crippen LogP contribution in [-0.2, 0) is 0 Å². The largest absolute Gasteiger partial charge is 0.283 e. The summed E-state index contributed by atoms with van der Waals surface area (Å²) in [5.41, 5.74) is 1.38. The first-order valence-electron chi connectivity index (χ1n) is 5.08. The summed E-state index contributed by atoms with van der Waals surface area (Å²) in [5.74, 6) is 0. The molecule has 0 spiro atoms. The van der Waals surface area contributed by atoms with E-state index < -0.39 is 0 Å². The molecule has 3 nitrogen and oxygen atoms in total. The molecular weight excluding hydrogens is 236 g/mol. The molecule has 0 aliphatic rings. The van der Waals surface area contributed by atoms with Crippen molar-refractivity contribution in [3.05, 3.63) is 59.6 Å². The Hall–Kier alpha value is -1.84. The number of rotatable bonds is 3. The van der Waals surface area contributed by atoms with Crippen molar-refractivity contribution in [3.8, 4) is 0 Å². The first kappa shape index (κ1) is 11.6. The van der Waals surface area contributed by atoms with Gasteiger partial charge in [0.25, 0.3) is 0 Å². The molecule has 0 atom stereocenters. The molecule has 2 aromatic rings. The predicted octanol–water partition coefficient (Wildman–Crippen LogP) is 3.90. The van der Waals surface area contributed by atoms with Crippen LogP contribution in [0.2, 0.25) is 5.02 Å². The van der Waals surface area contributed by atoms with Crippen LogP contribution >= 0.6 is 11.6 Å². The minimum atomic E-state index is 0.606. The first-order valence-corrected chi connectivity index (χ1v) is 5.46. The number of halogens is 1. The van der Waals surface area contributed by atoms with Gasteiger partial charge in [-0.3, -0.25) is 5.21 Å². The minimum Gasteiger partial charge on any atom is -0.283 e. The third-order valence-corrected chi connectivity index (χ3v) is 2.42. The summed E-state index contributed by atoms with van der Waals surface area (Å²) in [7, 11) is 0. The van der Waals surface area contributed by atoms with Crippen molar-refractivity contribution >= 4 is 29.3 Å². The molecule has 0 saturated heterocycles. The lowest BCUT2D eigenvalue weighted by molar-refractivity contribution is 0.317. The number of para-hydroxylation sites is 1. The Morgan fingerprint density at radius 3 is 2.29 bits per heavy atom. The fourth-order valence-corrected chi connectivity index (χ4v) is 1.42. The molecule has 0 aromatic heterocycles. The van der Waals surface area contributed by atoms with Crippen molar-refractivity contribution < 1.29 is 5.21 Å². The summed E-state index contributed by atoms with van der Waals surface area (Å²) < 4.78 is 0. The van der Waals surface area contributed by atoms with Crippen molar-refractivity contribution in [2.24, 2.45) is 4.99 Å². The van der Waals surface area contributed by atoms with Gasteiger partial charge in [0.05, 0.1) is 11.4 Å². The summed E-state index contributed by atoms with van der Waals surface area (Å²) in [6, 6.07) is 16.2. The van der Waals surface area contributed by atoms with Gasteiger partial charge in [0.15, 0.2) is 0 Å². The highest BCUT2D eigenvalue weighted by Gasteiger charge is 1.98. The second kappa shape index (κ2) is 5.48. The quantitative estimate of drug-likeness (QED) is 0.507. The predicted molar refractivity (Wildman–Crippen MR) is 70.3 cm³/mol. The number of anilines is 1. The lowest BCUT2D eigenvalue weighted by Gasteiger charge is -2.10. The molecule has 86 valence electrons. The molecule has 0 unspecified atom stereocenters. The number of nitrogens with zero attached hydrogens (tertiary/aromatic N) is 2. The van der Waals surface area contributed by atoms with Crippen LogP contribution < -0.4 is 5.06 Å². The Balaban J connectivity index is 2.09. The fourth-order valence-electron chi connectivity index (χ4n) is 1.30. The topological polar surface area (TPSA) is 35.8 Å². The number of aliphatic imine (C=N–C) groups is 1. The van der Waals surface area contributed by atoms with Gasteiger partial charge in [0.1, 0.15) is 6.34 Å². The summed E-state index contributed by atoms with van der Waals surface area (Å²) in [6.07, 6.45) is 1.35. The second-order valence-electron chi connectivity index (χ2n) is 3.40. The molecule has 0 bridgehead atoms. The monoisotopic (exact) mass is 246 g/mol. The molecule has 0 fully saturated rings. The minimum absolute atomic E-state index is 0.606. The van der Waals surface area contributed by atoms with Crippen molar-refractivity contribution in [2.45, 2.75) is 0 Å². The van der Waals surface area contributed by atoms with Crippen LogP contribution in [-0.4, -0.2) is 11.5 Å². The van der Waals surface area contributed by atoms with Crippen molar-refractivity contribution in [1.82, 2.24) is 0 Å². The highest BCUT2D eigenvalue weighted by molar-refractivity contribution is 6.30. The summed E-state index contributed by atoms with van der Waals surface area (Å²) in [5, 5.41) is 11.3. The van der Waals surface area contributed by atoms with Gasteiger partial charge in [-0.1, -0.05) is 29.8 Å². The van der Waals surface area contributed by atoms with Crippen LogP contribution in [0.4, 0.5) is 11.4 Å². The third kappa shape index (κ3) is 3.31. The van der Waals surface area contributed by atoms with Crippen LogP contribution in [0.15, 0.2) is 59.6 Å². The molecule has 0 aliphatic carbocycles. The second-order valence-corrected chi connectivity index (χ2v) is 3.84. The smallest absolute Gasteiger partial charge is 0.122 e. The molecule has 0 heterocycles. The first-order chi connectivity index (χ1) is 8.25. The average molecular weight is 247 g/mol. The van der Waals surface area contributed by atoms with Crippen LogP contribution in [0, 0.1) is 0 Å². The van der Waals surface area contributed by atoms with Gasteiger partial charge >= 0.3 is 0 Å². The van der Waals surface area contributed by atoms with Gasteiger partial charge in [0.2, 0.25) is 0 Å². The summed E-state index contributed by atoms with van der Waals surface area (Å²) >= 11 is 5.76. The fraction of sp³-hybridized carbons (Fsp3) is 0. The van der Waals surface area contributed by atoms with E-state index in [4.69, 9.17) is 11.6 Å². The average Bonchev–Trinajstić information content (AvgIpc) is 2.38. The summed E-state index contributed by atoms with van der Waals surface area (Å²) in [6.45, 7) is 0. The molecular formula is C13H11ClN2O. The molecule has 0 saturated carbocycles. The van der Waals surface area contributed by atoms with Gasteiger partial charge in [-0.2, -0.15) is 0 Å². The van der Waals surface area contributed by atoms with Crippen molar-refractivity contribution in [3.63, 3.8) is 0 Å². The number of benzene rings is 2. The zero-order valence-electron chi connectivity index (χ0n) is 8.99. The van der Waals surface area contributed by atoms with Crippen molar-refractivity contribution in [2.75, 3.05) is 5.06 Å². The lowest BCUT2D eigenvalue weighted by Crippen LogP contribution is -2.14. The number of hydrogen-bond acceptors (Lipinski definition) is 2. The van der Waals surface area contributed by atoms with E-state index in [2.05, 4.69) is 4.99 Å². The van der Waals surface area contributed by atoms with Gasteiger partial charge in [-0.05, 0) is 36.4 Å². The van der Waals surface area contributed by atoms with Gasteiger partial charge in [-0.15, -0.1) is 0 Å². The van der Waals surface area contributed by atoms with E-state index in [0.717, 1.165) is 10.8 Å². The molecule has 1 N–H and O–H groups in total. The van der Waals surface area contributed by atoms with E-state index in [0.29, 0.717) is 10.7 Å². The van der Waals surface area contributed by atoms with Gasteiger partial charge < -0.3 is 0 Å². The van der Waals surface area contributed by atoms with Gasteiger partial charge in [-0.25, -0.2) is 10.1 Å². The maximum Gasteiger partial charge on any atom is 0.122 e. The van der Waals surface area contributed by atoms with Crippen LogP contribution in [0.5, 0.6) is 0 Å². The van der Waals surface area contributed by atoms with E-state index in [9.17, 15) is 5.21 Å². The van der Waals surface area contributed by atoms with Crippen molar-refractivity contribution in [1.29, 1.82) is 0 Å². The van der Waals surface area contributed by atoms with E-state index in [1.807, 2.05) is 30.3 Å². The van der Waals surface area contributed by atoms with Crippen LogP contribution in [0.25, 0.3) is 0 Å². The van der Waals surface area contributed by atoms with E-state index >= 15 is 0 Å². The maximum absolute atomic E-state index is 9.71. The highest BCUT2D eigenvalue weighted by atomic mass is 35.5. The lowest BCUT2D eigenvalue weighted by atomic mass is 10.3. The highest BCUT2D eigenvalue weighted by Crippen LogP contribution is 2.16. The van der Waals surface area contributed by atoms with Crippen LogP contribution in [0.3, 0.4) is 0 Å². The summed E-state index contributed by atoms with van der Waals surface area (Å²) in [4.78, 5) is 4.12. The number of hydrogen-bond donors (Lipinski definition) is 1. The van der Waals surface area contributed by atoms with E-state index in [1.165, 1.54) is 6.34 Å². The van der Waals surface area contributed by atoms with E-state index in [-0.39, 0.29) is 0 Å². The molecule has 0 aliphatic heterocycles. The number of hydroxylamine groups is 1. The Bertz CT molecular complexity index is 497. The molecule has 0 radical (unpaired) electrons. The molecule has 4 heteroatoms. The molecule has 2 rings (SSSR count). The normalized spacial score (nSPS) is 10.7. The maximum atomic E-state index is 9.71.